The quantitative estimate of drug-likeness (QED) is 0.701. The molecule has 0 aliphatic heterocycles. The number of hydrogen-bond acceptors (Lipinski definition) is 3. The third-order valence-corrected chi connectivity index (χ3v) is 2.23. The van der Waals surface area contributed by atoms with Crippen LogP contribution in [0.5, 0.6) is 0 Å². The van der Waals surface area contributed by atoms with Crippen molar-refractivity contribution >= 4 is 21.1 Å². The summed E-state index contributed by atoms with van der Waals surface area (Å²) in [5.41, 5.74) is 8.06. The van der Waals surface area contributed by atoms with Gasteiger partial charge in [0.05, 0.1) is 5.69 Å². The van der Waals surface area contributed by atoms with E-state index in [1.54, 1.807) is 24.6 Å². The van der Waals surface area contributed by atoms with E-state index in [0.717, 1.165) is 16.9 Å². The topological polar surface area (TPSA) is 55.5 Å². The van der Waals surface area contributed by atoms with Crippen LogP contribution in [0.3, 0.4) is 0 Å². The Hall–Kier alpha value is -1.03. The normalized spacial score (nSPS) is 11.3. The molecule has 1 rings (SSSR count). The van der Waals surface area contributed by atoms with Crippen molar-refractivity contribution < 1.29 is 4.21 Å². The molecule has 0 saturated heterocycles. The maximum absolute atomic E-state index is 11.4. The van der Waals surface area contributed by atoms with Gasteiger partial charge in [-0.1, -0.05) is 0 Å². The maximum Gasteiger partial charge on any atom is 0.0734 e. The van der Waals surface area contributed by atoms with Gasteiger partial charge in [-0.25, -0.2) is 4.21 Å². The lowest BCUT2D eigenvalue weighted by Gasteiger charge is -2.01. The lowest BCUT2D eigenvalue weighted by atomic mass is 10.2. The number of anilines is 1. The van der Waals surface area contributed by atoms with Crippen LogP contribution in [0.4, 0.5) is 11.4 Å². The number of nitrogen functional groups attached to an aromatic ring is 1. The van der Waals surface area contributed by atoms with Gasteiger partial charge in [0.2, 0.25) is 0 Å². The number of benzene rings is 1. The number of nitrogens with two attached hydrogens (primary N) is 1. The van der Waals surface area contributed by atoms with Gasteiger partial charge in [0.15, 0.2) is 0 Å². The highest BCUT2D eigenvalue weighted by atomic mass is 32.2. The maximum atomic E-state index is 11.4. The lowest BCUT2D eigenvalue weighted by molar-refractivity contribution is 0.684. The Balaban J connectivity index is 3.21. The molecule has 0 heterocycles. The Bertz CT molecular complexity index is 423. The van der Waals surface area contributed by atoms with Crippen LogP contribution in [-0.2, 0) is 9.73 Å². The summed E-state index contributed by atoms with van der Waals surface area (Å²) >= 11 is 0. The van der Waals surface area contributed by atoms with E-state index in [2.05, 4.69) is 4.36 Å². The summed E-state index contributed by atoms with van der Waals surface area (Å²) in [4.78, 5) is 0. The van der Waals surface area contributed by atoms with E-state index in [0.29, 0.717) is 0 Å². The molecule has 0 amide bonds. The lowest BCUT2D eigenvalue weighted by Crippen LogP contribution is -1.91. The summed E-state index contributed by atoms with van der Waals surface area (Å²) in [6, 6.07) is 5.39. The Morgan fingerprint density at radius 3 is 2.46 bits per heavy atom. The van der Waals surface area contributed by atoms with Gasteiger partial charge < -0.3 is 5.73 Å². The largest absolute Gasteiger partial charge is 0.399 e. The van der Waals surface area contributed by atoms with Crippen LogP contribution in [0.1, 0.15) is 5.56 Å². The van der Waals surface area contributed by atoms with Crippen molar-refractivity contribution in [2.45, 2.75) is 6.92 Å². The van der Waals surface area contributed by atoms with E-state index >= 15 is 0 Å². The second-order valence-electron chi connectivity index (χ2n) is 3.31. The van der Waals surface area contributed by atoms with Crippen molar-refractivity contribution in [3.8, 4) is 0 Å². The zero-order valence-corrected chi connectivity index (χ0v) is 8.89. The predicted molar refractivity (Wildman–Crippen MR) is 57.7 cm³/mol. The van der Waals surface area contributed by atoms with E-state index in [9.17, 15) is 4.21 Å². The monoisotopic (exact) mass is 198 g/mol. The molecule has 0 spiro atoms. The number of hydrogen-bond donors (Lipinski definition) is 1. The molecule has 1 aromatic carbocycles. The fourth-order valence-corrected chi connectivity index (χ4v) is 1.59. The minimum atomic E-state index is -2.07. The van der Waals surface area contributed by atoms with Crippen molar-refractivity contribution in [2.24, 2.45) is 4.36 Å². The highest BCUT2D eigenvalue weighted by Crippen LogP contribution is 2.19. The van der Waals surface area contributed by atoms with Gasteiger partial charge in [-0.05, 0) is 30.7 Å². The van der Waals surface area contributed by atoms with Crippen LogP contribution >= 0.6 is 0 Å². The minimum Gasteiger partial charge on any atom is -0.399 e. The molecule has 0 atom stereocenters. The fourth-order valence-electron chi connectivity index (χ4n) is 0.971. The molecule has 3 nitrogen and oxygen atoms in total. The van der Waals surface area contributed by atoms with E-state index < -0.39 is 9.73 Å². The van der Waals surface area contributed by atoms with Crippen molar-refractivity contribution in [2.75, 3.05) is 18.2 Å². The zero-order chi connectivity index (χ0) is 10.1. The average molecular weight is 198 g/mol. The molecular weight excluding hydrogens is 184 g/mol. The third kappa shape index (κ3) is 3.06. The number of nitrogens with zero attached hydrogens (tertiary/aromatic N) is 1. The minimum absolute atomic E-state index is 0.724. The summed E-state index contributed by atoms with van der Waals surface area (Å²) in [5.74, 6) is 0. The highest BCUT2D eigenvalue weighted by molar-refractivity contribution is 7.92. The first-order valence-electron chi connectivity index (χ1n) is 3.92. The summed E-state index contributed by atoms with van der Waals surface area (Å²) in [6.45, 7) is 1.90. The predicted octanol–water partition coefficient (Wildman–Crippen LogP) is 1.94. The van der Waals surface area contributed by atoms with Crippen LogP contribution in [0.25, 0.3) is 0 Å². The fraction of sp³-hybridized carbons (Fsp3) is 0.333. The molecule has 2 N–H and O–H groups in total. The van der Waals surface area contributed by atoms with Crippen molar-refractivity contribution in [3.63, 3.8) is 0 Å². The smallest absolute Gasteiger partial charge is 0.0734 e. The summed E-state index contributed by atoms with van der Waals surface area (Å²) < 4.78 is 15.4. The Labute approximate surface area is 79.1 Å². The number of aryl methyl sites for hydroxylation is 1. The summed E-state index contributed by atoms with van der Waals surface area (Å²) in [5, 5.41) is 0. The van der Waals surface area contributed by atoms with Crippen LogP contribution in [0, 0.1) is 6.92 Å². The first-order valence-corrected chi connectivity index (χ1v) is 6.25. The molecule has 0 fully saturated rings. The van der Waals surface area contributed by atoms with Gasteiger partial charge in [0.1, 0.15) is 0 Å². The average Bonchev–Trinajstić information content (AvgIpc) is 1.94. The SMILES string of the molecule is Cc1cc(N=S(C)(C)=O)ccc1N. The zero-order valence-electron chi connectivity index (χ0n) is 8.07. The van der Waals surface area contributed by atoms with Gasteiger partial charge >= 0.3 is 0 Å². The molecule has 0 radical (unpaired) electrons. The summed E-state index contributed by atoms with van der Waals surface area (Å²) in [6.07, 6.45) is 3.22. The Kier molecular flexibility index (Phi) is 2.61. The second kappa shape index (κ2) is 3.38. The molecule has 13 heavy (non-hydrogen) atoms. The van der Waals surface area contributed by atoms with Crippen LogP contribution in [0.2, 0.25) is 0 Å². The van der Waals surface area contributed by atoms with Crippen LogP contribution in [-0.4, -0.2) is 16.7 Å². The van der Waals surface area contributed by atoms with Gasteiger partial charge in [-0.15, -0.1) is 0 Å². The van der Waals surface area contributed by atoms with Crippen molar-refractivity contribution in [3.05, 3.63) is 23.8 Å². The molecule has 0 aliphatic carbocycles. The first kappa shape index (κ1) is 10.1. The van der Waals surface area contributed by atoms with E-state index in [1.807, 2.05) is 13.0 Å². The molecule has 4 heteroatoms. The van der Waals surface area contributed by atoms with Gasteiger partial charge in [-0.3, -0.25) is 0 Å². The Morgan fingerprint density at radius 1 is 1.38 bits per heavy atom. The van der Waals surface area contributed by atoms with E-state index in [-0.39, 0.29) is 0 Å². The molecule has 0 unspecified atom stereocenters. The highest BCUT2D eigenvalue weighted by Gasteiger charge is 1.96. The molecule has 0 aliphatic rings. The molecule has 0 aromatic heterocycles. The Morgan fingerprint density at radius 2 is 2.00 bits per heavy atom. The molecule has 72 valence electrons. The molecule has 0 bridgehead atoms. The van der Waals surface area contributed by atoms with Crippen LogP contribution < -0.4 is 5.73 Å². The standard InChI is InChI=1S/C9H14N2OS/c1-7-6-8(4-5-9(7)10)11-13(2,3)12/h4-6H,10H2,1-3H3. The van der Waals surface area contributed by atoms with E-state index in [4.69, 9.17) is 5.73 Å². The van der Waals surface area contributed by atoms with Gasteiger partial charge in [0, 0.05) is 27.9 Å². The molecule has 0 saturated carbocycles. The van der Waals surface area contributed by atoms with Crippen LogP contribution in [0.15, 0.2) is 22.6 Å². The van der Waals surface area contributed by atoms with Crippen molar-refractivity contribution in [1.82, 2.24) is 0 Å². The molecule has 1 aromatic rings. The number of rotatable bonds is 1. The summed E-state index contributed by atoms with van der Waals surface area (Å²) in [7, 11) is -2.07. The van der Waals surface area contributed by atoms with Crippen molar-refractivity contribution in [1.29, 1.82) is 0 Å². The van der Waals surface area contributed by atoms with Gasteiger partial charge in [0.25, 0.3) is 0 Å². The van der Waals surface area contributed by atoms with E-state index in [1.165, 1.54) is 0 Å². The van der Waals surface area contributed by atoms with Gasteiger partial charge in [-0.2, -0.15) is 4.36 Å². The second-order valence-corrected chi connectivity index (χ2v) is 5.86. The third-order valence-electron chi connectivity index (χ3n) is 1.58. The first-order chi connectivity index (χ1) is 5.88. The molecular formula is C9H14N2OS.